The Labute approximate surface area is 101 Å². The number of nitrogens with zero attached hydrogens (tertiary/aromatic N) is 2. The second-order valence-corrected chi connectivity index (χ2v) is 4.12. The van der Waals surface area contributed by atoms with E-state index in [-0.39, 0.29) is 5.91 Å². The topological polar surface area (TPSA) is 54.5 Å². The van der Waals surface area contributed by atoms with Crippen molar-refractivity contribution >= 4 is 11.6 Å². The highest BCUT2D eigenvalue weighted by atomic mass is 16.5. The summed E-state index contributed by atoms with van der Waals surface area (Å²) in [5.74, 6) is 0.0116. The number of carbonyl (C=O) groups is 1. The molecular formula is C12H17N3O2. The van der Waals surface area contributed by atoms with Crippen molar-refractivity contribution in [1.82, 2.24) is 9.88 Å². The molecule has 17 heavy (non-hydrogen) atoms. The van der Waals surface area contributed by atoms with E-state index in [9.17, 15) is 4.79 Å². The maximum atomic E-state index is 11.8. The fourth-order valence-electron chi connectivity index (χ4n) is 1.79. The van der Waals surface area contributed by atoms with Gasteiger partial charge in [-0.25, -0.2) is 0 Å². The molecular weight excluding hydrogens is 218 g/mol. The molecule has 2 heterocycles. The zero-order chi connectivity index (χ0) is 12.1. The quantitative estimate of drug-likeness (QED) is 0.836. The van der Waals surface area contributed by atoms with Crippen molar-refractivity contribution in [2.75, 3.05) is 38.2 Å². The van der Waals surface area contributed by atoms with Crippen LogP contribution >= 0.6 is 0 Å². The molecule has 0 aromatic carbocycles. The van der Waals surface area contributed by atoms with E-state index in [0.717, 1.165) is 24.5 Å². The number of aryl methyl sites for hydroxylation is 1. The van der Waals surface area contributed by atoms with Crippen LogP contribution in [-0.4, -0.2) is 48.6 Å². The van der Waals surface area contributed by atoms with Gasteiger partial charge in [-0.15, -0.1) is 0 Å². The fraction of sp³-hybridized carbons (Fsp3) is 0.500. The summed E-state index contributed by atoms with van der Waals surface area (Å²) < 4.78 is 5.23. The molecule has 5 nitrogen and oxygen atoms in total. The molecule has 1 aromatic rings. The third-order valence-electron chi connectivity index (χ3n) is 2.65. The largest absolute Gasteiger partial charge is 0.379 e. The fourth-order valence-corrected chi connectivity index (χ4v) is 1.79. The summed E-state index contributed by atoms with van der Waals surface area (Å²) in [5.41, 5.74) is 1.70. The van der Waals surface area contributed by atoms with E-state index in [1.54, 1.807) is 12.3 Å². The van der Waals surface area contributed by atoms with Gasteiger partial charge in [-0.2, -0.15) is 0 Å². The lowest BCUT2D eigenvalue weighted by molar-refractivity contribution is -0.118. The molecule has 1 aromatic heterocycles. The minimum atomic E-state index is 0.0116. The average molecular weight is 235 g/mol. The molecule has 0 unspecified atom stereocenters. The Hall–Kier alpha value is -1.46. The summed E-state index contributed by atoms with van der Waals surface area (Å²) in [6.07, 6.45) is 1.69. The molecule has 0 aliphatic carbocycles. The normalized spacial score (nSPS) is 16.8. The monoisotopic (exact) mass is 235 g/mol. The molecule has 1 fully saturated rings. The minimum Gasteiger partial charge on any atom is -0.379 e. The number of amides is 1. The molecule has 1 aliphatic rings. The smallest absolute Gasteiger partial charge is 0.238 e. The van der Waals surface area contributed by atoms with E-state index in [0.29, 0.717) is 19.8 Å². The van der Waals surface area contributed by atoms with Crippen molar-refractivity contribution in [1.29, 1.82) is 0 Å². The van der Waals surface area contributed by atoms with Crippen LogP contribution < -0.4 is 5.32 Å². The van der Waals surface area contributed by atoms with Crippen LogP contribution in [0.4, 0.5) is 5.69 Å². The number of hydrogen-bond donors (Lipinski definition) is 1. The first-order chi connectivity index (χ1) is 8.24. The van der Waals surface area contributed by atoms with Crippen molar-refractivity contribution < 1.29 is 9.53 Å². The Balaban J connectivity index is 1.84. The minimum absolute atomic E-state index is 0.0116. The van der Waals surface area contributed by atoms with E-state index in [2.05, 4.69) is 15.2 Å². The number of ether oxygens (including phenoxy) is 1. The van der Waals surface area contributed by atoms with Gasteiger partial charge in [-0.3, -0.25) is 14.7 Å². The van der Waals surface area contributed by atoms with Gasteiger partial charge in [-0.1, -0.05) is 0 Å². The molecule has 1 amide bonds. The van der Waals surface area contributed by atoms with Gasteiger partial charge in [0.2, 0.25) is 5.91 Å². The van der Waals surface area contributed by atoms with Gasteiger partial charge in [-0.05, 0) is 19.1 Å². The number of aromatic nitrogens is 1. The molecule has 2 rings (SSSR count). The molecule has 0 bridgehead atoms. The standard InChI is InChI=1S/C12H17N3O2/c1-10-8-11(2-3-13-10)14-12(16)9-15-4-6-17-7-5-15/h2-3,8H,4-7,9H2,1H3,(H,13,14,16). The predicted octanol–water partition coefficient (Wildman–Crippen LogP) is 0.661. The first kappa shape index (κ1) is 12.0. The summed E-state index contributed by atoms with van der Waals surface area (Å²) in [6.45, 7) is 5.39. The summed E-state index contributed by atoms with van der Waals surface area (Å²) >= 11 is 0. The van der Waals surface area contributed by atoms with Gasteiger partial charge in [0.25, 0.3) is 0 Å². The Morgan fingerprint density at radius 2 is 2.29 bits per heavy atom. The highest BCUT2D eigenvalue weighted by molar-refractivity contribution is 5.92. The third kappa shape index (κ3) is 3.80. The Kier molecular flexibility index (Phi) is 4.06. The maximum absolute atomic E-state index is 11.8. The summed E-state index contributed by atoms with van der Waals surface area (Å²) in [5, 5.41) is 2.87. The summed E-state index contributed by atoms with van der Waals surface area (Å²) in [7, 11) is 0. The highest BCUT2D eigenvalue weighted by Gasteiger charge is 2.13. The lowest BCUT2D eigenvalue weighted by atomic mass is 10.3. The zero-order valence-electron chi connectivity index (χ0n) is 9.98. The average Bonchev–Trinajstić information content (AvgIpc) is 2.30. The first-order valence-electron chi connectivity index (χ1n) is 5.76. The van der Waals surface area contributed by atoms with Crippen LogP contribution in [0.3, 0.4) is 0 Å². The lowest BCUT2D eigenvalue weighted by Crippen LogP contribution is -2.41. The maximum Gasteiger partial charge on any atom is 0.238 e. The van der Waals surface area contributed by atoms with Crippen LogP contribution in [0.1, 0.15) is 5.69 Å². The molecule has 0 spiro atoms. The zero-order valence-corrected chi connectivity index (χ0v) is 9.98. The van der Waals surface area contributed by atoms with Gasteiger partial charge in [0.05, 0.1) is 19.8 Å². The predicted molar refractivity (Wildman–Crippen MR) is 64.9 cm³/mol. The molecule has 92 valence electrons. The van der Waals surface area contributed by atoms with E-state index in [1.807, 2.05) is 13.0 Å². The Morgan fingerprint density at radius 3 is 3.00 bits per heavy atom. The number of morpholine rings is 1. The van der Waals surface area contributed by atoms with Crippen LogP contribution in [0.25, 0.3) is 0 Å². The van der Waals surface area contributed by atoms with E-state index < -0.39 is 0 Å². The third-order valence-corrected chi connectivity index (χ3v) is 2.65. The van der Waals surface area contributed by atoms with Crippen LogP contribution in [0.15, 0.2) is 18.3 Å². The Morgan fingerprint density at radius 1 is 1.53 bits per heavy atom. The van der Waals surface area contributed by atoms with Crippen LogP contribution in [0, 0.1) is 6.92 Å². The SMILES string of the molecule is Cc1cc(NC(=O)CN2CCOCC2)ccn1. The second kappa shape index (κ2) is 5.75. The molecule has 1 saturated heterocycles. The molecule has 1 aliphatic heterocycles. The van der Waals surface area contributed by atoms with Gasteiger partial charge in [0.1, 0.15) is 0 Å². The Bertz CT molecular complexity index is 389. The molecule has 5 heteroatoms. The van der Waals surface area contributed by atoms with E-state index in [1.165, 1.54) is 0 Å². The van der Waals surface area contributed by atoms with Crippen LogP contribution in [0.5, 0.6) is 0 Å². The van der Waals surface area contributed by atoms with E-state index in [4.69, 9.17) is 4.74 Å². The van der Waals surface area contributed by atoms with Crippen molar-refractivity contribution in [3.8, 4) is 0 Å². The number of carbonyl (C=O) groups excluding carboxylic acids is 1. The molecule has 0 saturated carbocycles. The van der Waals surface area contributed by atoms with Crippen molar-refractivity contribution in [3.05, 3.63) is 24.0 Å². The molecule has 0 atom stereocenters. The summed E-state index contributed by atoms with van der Waals surface area (Å²) in [4.78, 5) is 18.0. The number of nitrogens with one attached hydrogen (secondary N) is 1. The van der Waals surface area contributed by atoms with Crippen LogP contribution in [-0.2, 0) is 9.53 Å². The molecule has 1 N–H and O–H groups in total. The lowest BCUT2D eigenvalue weighted by Gasteiger charge is -2.25. The summed E-state index contributed by atoms with van der Waals surface area (Å²) in [6, 6.07) is 3.65. The van der Waals surface area contributed by atoms with Gasteiger partial charge in [0.15, 0.2) is 0 Å². The van der Waals surface area contributed by atoms with E-state index >= 15 is 0 Å². The van der Waals surface area contributed by atoms with Gasteiger partial charge >= 0.3 is 0 Å². The van der Waals surface area contributed by atoms with Crippen molar-refractivity contribution in [3.63, 3.8) is 0 Å². The number of anilines is 1. The first-order valence-corrected chi connectivity index (χ1v) is 5.76. The number of rotatable bonds is 3. The number of pyridine rings is 1. The number of hydrogen-bond acceptors (Lipinski definition) is 4. The van der Waals surface area contributed by atoms with Gasteiger partial charge < -0.3 is 10.1 Å². The second-order valence-electron chi connectivity index (χ2n) is 4.12. The highest BCUT2D eigenvalue weighted by Crippen LogP contribution is 2.07. The van der Waals surface area contributed by atoms with Crippen molar-refractivity contribution in [2.24, 2.45) is 0 Å². The van der Waals surface area contributed by atoms with Gasteiger partial charge in [0, 0.05) is 30.7 Å². The molecule has 0 radical (unpaired) electrons. The van der Waals surface area contributed by atoms with Crippen LogP contribution in [0.2, 0.25) is 0 Å². The van der Waals surface area contributed by atoms with Crippen molar-refractivity contribution in [2.45, 2.75) is 6.92 Å².